The number of para-hydroxylation sites is 1. The van der Waals surface area contributed by atoms with Crippen LogP contribution in [0.4, 0.5) is 0 Å². The van der Waals surface area contributed by atoms with Crippen molar-refractivity contribution < 1.29 is 5.11 Å². The lowest BCUT2D eigenvalue weighted by atomic mass is 10.0. The molecule has 108 valence electrons. The van der Waals surface area contributed by atoms with Gasteiger partial charge in [0.15, 0.2) is 0 Å². The highest BCUT2D eigenvalue weighted by Gasteiger charge is 2.18. The number of aromatic nitrogens is 4. The molecule has 0 bridgehead atoms. The second-order valence-electron chi connectivity index (χ2n) is 4.96. The topological polar surface area (TPSA) is 63.8 Å². The van der Waals surface area contributed by atoms with Crippen molar-refractivity contribution >= 4 is 27.0 Å². The quantitative estimate of drug-likeness (QED) is 0.791. The van der Waals surface area contributed by atoms with Crippen LogP contribution in [0, 0.1) is 6.92 Å². The number of aryl methyl sites for hydroxylation is 2. The average Bonchev–Trinajstić information content (AvgIpc) is 2.73. The normalized spacial score (nSPS) is 12.8. The molecular weight excluding hydrogens is 332 g/mol. The first kappa shape index (κ1) is 14.2. The van der Waals surface area contributed by atoms with Gasteiger partial charge in [0.1, 0.15) is 0 Å². The molecule has 1 unspecified atom stereocenters. The summed E-state index contributed by atoms with van der Waals surface area (Å²) in [5.74, 6) is 0. The van der Waals surface area contributed by atoms with Gasteiger partial charge in [0.2, 0.25) is 0 Å². The van der Waals surface area contributed by atoms with Gasteiger partial charge in [-0.1, -0.05) is 12.1 Å². The monoisotopic (exact) mass is 346 g/mol. The van der Waals surface area contributed by atoms with E-state index in [-0.39, 0.29) is 0 Å². The zero-order chi connectivity index (χ0) is 15.0. The predicted molar refractivity (Wildman–Crippen MR) is 83.8 cm³/mol. The van der Waals surface area contributed by atoms with Crippen LogP contribution in [0.15, 0.2) is 35.1 Å². The van der Waals surface area contributed by atoms with Crippen LogP contribution in [-0.4, -0.2) is 24.9 Å². The molecule has 6 heteroatoms. The van der Waals surface area contributed by atoms with Crippen LogP contribution in [0.1, 0.15) is 23.1 Å². The third-order valence-electron chi connectivity index (χ3n) is 3.54. The second kappa shape index (κ2) is 5.54. The number of aliphatic hydroxyl groups is 1. The van der Waals surface area contributed by atoms with Gasteiger partial charge in [0.25, 0.3) is 0 Å². The van der Waals surface area contributed by atoms with E-state index < -0.39 is 6.10 Å². The second-order valence-corrected chi connectivity index (χ2v) is 5.75. The summed E-state index contributed by atoms with van der Waals surface area (Å²) >= 11 is 3.53. The van der Waals surface area contributed by atoms with Gasteiger partial charge in [0.05, 0.1) is 33.0 Å². The standard InChI is InChI=1S/C15H15BrN4O/c1-9-14(16)12(20(2)19-9)8-13(21)10-4-3-5-11-15(10)18-7-6-17-11/h3-7,13,21H,8H2,1-2H3. The van der Waals surface area contributed by atoms with Crippen LogP contribution in [-0.2, 0) is 13.5 Å². The molecule has 2 aromatic heterocycles. The molecule has 0 radical (unpaired) electrons. The summed E-state index contributed by atoms with van der Waals surface area (Å²) in [5.41, 5.74) is 4.18. The summed E-state index contributed by atoms with van der Waals surface area (Å²) in [6, 6.07) is 5.67. The molecule has 2 heterocycles. The molecule has 3 aromatic rings. The maximum atomic E-state index is 10.6. The van der Waals surface area contributed by atoms with E-state index >= 15 is 0 Å². The minimum absolute atomic E-state index is 0.466. The molecule has 0 aliphatic rings. The lowest BCUT2D eigenvalue weighted by Gasteiger charge is -2.13. The summed E-state index contributed by atoms with van der Waals surface area (Å²) in [5, 5.41) is 15.0. The summed E-state index contributed by atoms with van der Waals surface area (Å²) < 4.78 is 2.73. The first-order chi connectivity index (χ1) is 10.1. The number of hydrogen-bond donors (Lipinski definition) is 1. The summed E-state index contributed by atoms with van der Waals surface area (Å²) in [7, 11) is 1.88. The molecule has 1 aromatic carbocycles. The van der Waals surface area contributed by atoms with Crippen molar-refractivity contribution in [2.45, 2.75) is 19.4 Å². The van der Waals surface area contributed by atoms with Gasteiger partial charge in [-0.25, -0.2) is 0 Å². The average molecular weight is 347 g/mol. The molecule has 3 rings (SSSR count). The van der Waals surface area contributed by atoms with E-state index in [1.54, 1.807) is 17.1 Å². The van der Waals surface area contributed by atoms with E-state index in [1.807, 2.05) is 32.2 Å². The molecule has 0 saturated heterocycles. The molecule has 0 spiro atoms. The number of aliphatic hydroxyl groups excluding tert-OH is 1. The van der Waals surface area contributed by atoms with Crippen molar-refractivity contribution in [2.24, 2.45) is 7.05 Å². The smallest absolute Gasteiger partial charge is 0.0944 e. The minimum atomic E-state index is -0.656. The van der Waals surface area contributed by atoms with E-state index in [9.17, 15) is 5.11 Å². The van der Waals surface area contributed by atoms with E-state index in [2.05, 4.69) is 31.0 Å². The first-order valence-electron chi connectivity index (χ1n) is 6.63. The Hall–Kier alpha value is -1.79. The van der Waals surface area contributed by atoms with E-state index in [4.69, 9.17) is 0 Å². The largest absolute Gasteiger partial charge is 0.388 e. The summed E-state index contributed by atoms with van der Waals surface area (Å²) in [6.45, 7) is 1.93. The van der Waals surface area contributed by atoms with Crippen molar-refractivity contribution in [1.29, 1.82) is 0 Å². The third kappa shape index (κ3) is 2.56. The SMILES string of the molecule is Cc1nn(C)c(CC(O)c2cccc3nccnc23)c1Br. The van der Waals surface area contributed by atoms with Crippen LogP contribution in [0.5, 0.6) is 0 Å². The molecule has 0 aliphatic carbocycles. The van der Waals surface area contributed by atoms with Crippen LogP contribution >= 0.6 is 15.9 Å². The number of benzene rings is 1. The fraction of sp³-hybridized carbons (Fsp3) is 0.267. The van der Waals surface area contributed by atoms with Crippen molar-refractivity contribution in [2.75, 3.05) is 0 Å². The van der Waals surface area contributed by atoms with Crippen molar-refractivity contribution in [3.8, 4) is 0 Å². The maximum absolute atomic E-state index is 10.6. The van der Waals surface area contributed by atoms with Gasteiger partial charge in [0, 0.05) is 31.4 Å². The number of nitrogens with zero attached hydrogens (tertiary/aromatic N) is 4. The van der Waals surface area contributed by atoms with Crippen LogP contribution in [0.2, 0.25) is 0 Å². The molecule has 0 aliphatic heterocycles. The molecule has 5 nitrogen and oxygen atoms in total. The minimum Gasteiger partial charge on any atom is -0.388 e. The zero-order valence-corrected chi connectivity index (χ0v) is 13.4. The third-order valence-corrected chi connectivity index (χ3v) is 4.57. The molecule has 0 saturated carbocycles. The Balaban J connectivity index is 1.99. The summed E-state index contributed by atoms with van der Waals surface area (Å²) in [6.07, 6.45) is 3.10. The van der Waals surface area contributed by atoms with Gasteiger partial charge in [-0.2, -0.15) is 5.10 Å². The molecule has 1 N–H and O–H groups in total. The number of halogens is 1. The van der Waals surface area contributed by atoms with Crippen molar-refractivity contribution in [3.05, 3.63) is 52.0 Å². The van der Waals surface area contributed by atoms with Gasteiger partial charge < -0.3 is 5.11 Å². The first-order valence-corrected chi connectivity index (χ1v) is 7.43. The number of hydrogen-bond acceptors (Lipinski definition) is 4. The Morgan fingerprint density at radius 1 is 1.29 bits per heavy atom. The van der Waals surface area contributed by atoms with E-state index in [0.717, 1.165) is 32.5 Å². The van der Waals surface area contributed by atoms with Crippen molar-refractivity contribution in [1.82, 2.24) is 19.7 Å². The van der Waals surface area contributed by atoms with Crippen LogP contribution in [0.3, 0.4) is 0 Å². The number of fused-ring (bicyclic) bond motifs is 1. The highest BCUT2D eigenvalue weighted by Crippen LogP contribution is 2.28. The fourth-order valence-corrected chi connectivity index (χ4v) is 2.98. The maximum Gasteiger partial charge on any atom is 0.0944 e. The Morgan fingerprint density at radius 3 is 2.76 bits per heavy atom. The Kier molecular flexibility index (Phi) is 3.73. The molecular formula is C15H15BrN4O. The lowest BCUT2D eigenvalue weighted by Crippen LogP contribution is -2.08. The molecule has 0 fully saturated rings. The van der Waals surface area contributed by atoms with Gasteiger partial charge in [-0.05, 0) is 28.9 Å². The predicted octanol–water partition coefficient (Wildman–Crippen LogP) is 2.71. The summed E-state index contributed by atoms with van der Waals surface area (Å²) in [4.78, 5) is 8.61. The fourth-order valence-electron chi connectivity index (χ4n) is 2.48. The molecule has 0 amide bonds. The number of rotatable bonds is 3. The van der Waals surface area contributed by atoms with Gasteiger partial charge in [-0.15, -0.1) is 0 Å². The zero-order valence-electron chi connectivity index (χ0n) is 11.8. The Labute approximate surface area is 130 Å². The molecule has 1 atom stereocenters. The Morgan fingerprint density at radius 2 is 2.05 bits per heavy atom. The van der Waals surface area contributed by atoms with E-state index in [0.29, 0.717) is 6.42 Å². The highest BCUT2D eigenvalue weighted by atomic mass is 79.9. The lowest BCUT2D eigenvalue weighted by molar-refractivity contribution is 0.177. The van der Waals surface area contributed by atoms with Crippen LogP contribution in [0.25, 0.3) is 11.0 Å². The van der Waals surface area contributed by atoms with Crippen LogP contribution < -0.4 is 0 Å². The molecule has 21 heavy (non-hydrogen) atoms. The van der Waals surface area contributed by atoms with Crippen molar-refractivity contribution in [3.63, 3.8) is 0 Å². The van der Waals surface area contributed by atoms with Gasteiger partial charge in [-0.3, -0.25) is 14.6 Å². The Bertz CT molecular complexity index is 794. The highest BCUT2D eigenvalue weighted by molar-refractivity contribution is 9.10. The van der Waals surface area contributed by atoms with E-state index in [1.165, 1.54) is 0 Å². The van der Waals surface area contributed by atoms with Gasteiger partial charge >= 0.3 is 0 Å².